The van der Waals surface area contributed by atoms with Crippen LogP contribution in [-0.2, 0) is 23.4 Å². The van der Waals surface area contributed by atoms with Crippen LogP contribution < -0.4 is 21.1 Å². The van der Waals surface area contributed by atoms with Gasteiger partial charge in [-0.3, -0.25) is 4.79 Å². The summed E-state index contributed by atoms with van der Waals surface area (Å²) in [5.74, 6) is 3.12. The number of hydrogen-bond donors (Lipinski definition) is 5. The number of allylic oxidation sites excluding steroid dienone is 9. The molecule has 4 saturated carbocycles. The quantitative estimate of drug-likeness (QED) is 0.128. The molecule has 0 radical (unpaired) electrons. The number of carboxylic acids is 1. The molecule has 15 unspecified atom stereocenters. The van der Waals surface area contributed by atoms with E-state index in [2.05, 4.69) is 145 Å². The summed E-state index contributed by atoms with van der Waals surface area (Å²) >= 11 is 0. The van der Waals surface area contributed by atoms with Gasteiger partial charge in [0.1, 0.15) is 0 Å². The molecule has 16 aliphatic rings. The van der Waals surface area contributed by atoms with Gasteiger partial charge in [0.2, 0.25) is 0 Å². The summed E-state index contributed by atoms with van der Waals surface area (Å²) in [6.07, 6.45) is 31.7. The number of carboxylic acid groups (broad SMARTS) is 1. The van der Waals surface area contributed by atoms with E-state index in [1.165, 1.54) is 87.1 Å². The third kappa shape index (κ3) is 7.96. The monoisotopic (exact) mass is 1120 g/mol. The van der Waals surface area contributed by atoms with Crippen molar-refractivity contribution in [2.45, 2.75) is 147 Å². The fourth-order valence-electron chi connectivity index (χ4n) is 22.0. The zero-order chi connectivity index (χ0) is 55.0. The Morgan fingerprint density at radius 1 is 0.852 bits per heavy atom. The lowest BCUT2D eigenvalue weighted by atomic mass is 9.28. The first-order chi connectivity index (χ1) is 39.4. The Labute approximate surface area is 489 Å². The molecule has 0 aromatic heterocycles. The highest BCUT2D eigenvalue weighted by atomic mass is 33.1. The van der Waals surface area contributed by atoms with E-state index in [0.717, 1.165) is 94.6 Å². The van der Waals surface area contributed by atoms with Crippen LogP contribution in [0.2, 0.25) is 0 Å². The first-order valence-electron chi connectivity index (χ1n) is 31.9. The van der Waals surface area contributed by atoms with Crippen LogP contribution in [0.1, 0.15) is 139 Å². The van der Waals surface area contributed by atoms with Crippen molar-refractivity contribution in [2.24, 2.45) is 80.3 Å². The third-order valence-electron chi connectivity index (χ3n) is 25.1. The van der Waals surface area contributed by atoms with Crippen LogP contribution in [0.4, 0.5) is 0 Å². The second-order valence-corrected chi connectivity index (χ2v) is 31.0. The predicted octanol–water partition coefficient (Wildman–Crippen LogP) is 13.5. The highest BCUT2D eigenvalue weighted by Crippen LogP contribution is 2.84. The van der Waals surface area contributed by atoms with Gasteiger partial charge in [-0.05, 0) is 187 Å². The number of aliphatic carboxylic acids is 1. The van der Waals surface area contributed by atoms with Crippen molar-refractivity contribution in [3.63, 3.8) is 0 Å². The molecule has 5 N–H and O–H groups in total. The standard InChI is InChI=1S/C73H86N2O4S2/c1-44-23-25-56(67(78)79)65-62(76)40-72-38-46-33-49-17-7-8-19-52(49)42-80-81-43-61-66(72)60(37-53(34-46)70(65,72)3)73-30-27-63(77)69(2)28-13-29-71(61,68(69)73)39-58-57(55-21-10-9-18-50(55)36-59(58)73)35-45-14-11-20-48(32-45)51-24-26-64(75-41-51)74-31-12-22-54(44)47-15-5-4-6-16-47/h7-11,13-14,17-21,24,26,29,32,36,39,46-47,53-54,56,59,61-63,65,68,74-77H,1,4-6,12,15-16,22-23,25,27-28,30-31,33-35,37-38,40-43H2,2-3H3,(H,78,79). The minimum Gasteiger partial charge on any atom is -0.481 e. The maximum atomic E-state index is 14.6. The summed E-state index contributed by atoms with van der Waals surface area (Å²) in [5.41, 5.74) is 12.4. The molecule has 6 nitrogen and oxygen atoms in total. The van der Waals surface area contributed by atoms with Crippen molar-refractivity contribution >= 4 is 44.8 Å². The summed E-state index contributed by atoms with van der Waals surface area (Å²) in [6, 6.07) is 27.9. The zero-order valence-electron chi connectivity index (χ0n) is 48.1. The highest BCUT2D eigenvalue weighted by molar-refractivity contribution is 8.76. The van der Waals surface area contributed by atoms with Gasteiger partial charge < -0.3 is 26.0 Å². The molecule has 17 bridgehead atoms. The second-order valence-electron chi connectivity index (χ2n) is 28.5. The number of nitrogens with one attached hydrogen (secondary N) is 2. The Hall–Kier alpha value is -4.47. The van der Waals surface area contributed by atoms with Crippen LogP contribution >= 0.6 is 21.6 Å². The number of carbonyl (C=O) groups is 1. The van der Waals surface area contributed by atoms with Crippen molar-refractivity contribution in [1.29, 1.82) is 0 Å². The smallest absolute Gasteiger partial charge is 0.306 e. The number of hydrogen-bond acceptors (Lipinski definition) is 7. The van der Waals surface area contributed by atoms with Gasteiger partial charge in [0.25, 0.3) is 0 Å². The van der Waals surface area contributed by atoms with Crippen LogP contribution in [0.15, 0.2) is 138 Å². The van der Waals surface area contributed by atoms with Gasteiger partial charge in [0.05, 0.1) is 23.9 Å². The SMILES string of the molecule is C=C1CCC(C(=O)O)C2C(O)CC34CC5Cc6ccccc6CSSCC6C3=C(CC(C5)C24C)C23CCC(O)C4(C)CC=CC6(C=C5C(=c6ccccc6=CC52)Cc2cccc(c2)C2=CC=C(NCCCC1C1CCCCC1)NC2)C43. The molecule has 3 aromatic carbocycles. The lowest BCUT2D eigenvalue weighted by Gasteiger charge is -2.76. The normalized spacial score (nSPS) is 40.6. The maximum Gasteiger partial charge on any atom is 0.306 e. The van der Waals surface area contributed by atoms with E-state index in [9.17, 15) is 20.1 Å². The summed E-state index contributed by atoms with van der Waals surface area (Å²) < 4.78 is 0. The van der Waals surface area contributed by atoms with E-state index in [-0.39, 0.29) is 40.4 Å². The predicted molar refractivity (Wildman–Crippen MR) is 332 cm³/mol. The second kappa shape index (κ2) is 20.1. The van der Waals surface area contributed by atoms with Crippen molar-refractivity contribution in [2.75, 3.05) is 18.8 Å². The minimum atomic E-state index is -0.737. The molecular weight excluding hydrogens is 1030 g/mol. The highest BCUT2D eigenvalue weighted by Gasteiger charge is 2.79. The summed E-state index contributed by atoms with van der Waals surface area (Å²) in [4.78, 5) is 14.6. The van der Waals surface area contributed by atoms with E-state index in [0.29, 0.717) is 37.0 Å². The van der Waals surface area contributed by atoms with Crippen LogP contribution in [0.25, 0.3) is 17.2 Å². The van der Waals surface area contributed by atoms with Crippen LogP contribution in [0.5, 0.6) is 0 Å². The topological polar surface area (TPSA) is 102 Å². The molecule has 0 amide bonds. The molecule has 424 valence electrons. The van der Waals surface area contributed by atoms with E-state index < -0.39 is 40.3 Å². The van der Waals surface area contributed by atoms with Crippen molar-refractivity contribution in [1.82, 2.24) is 10.6 Å². The zero-order valence-corrected chi connectivity index (χ0v) is 49.7. The maximum absolute atomic E-state index is 14.6. The Bertz CT molecular complexity index is 3380. The van der Waals surface area contributed by atoms with Gasteiger partial charge in [0.15, 0.2) is 0 Å². The fraction of sp³-hybridized carbons (Fsp3) is 0.548. The molecular formula is C73H86N2O4S2. The molecule has 19 rings (SSSR count). The molecule has 3 aromatic rings. The lowest BCUT2D eigenvalue weighted by Crippen LogP contribution is -2.71. The summed E-state index contributed by atoms with van der Waals surface area (Å²) in [7, 11) is 4.08. The van der Waals surface area contributed by atoms with Gasteiger partial charge in [-0.15, -0.1) is 0 Å². The Morgan fingerprint density at radius 3 is 2.53 bits per heavy atom. The molecule has 4 fully saturated rings. The Balaban J connectivity index is 0.969. The first kappa shape index (κ1) is 53.3. The van der Waals surface area contributed by atoms with Gasteiger partial charge in [-0.25, -0.2) is 0 Å². The van der Waals surface area contributed by atoms with Crippen LogP contribution in [0.3, 0.4) is 0 Å². The fourth-order valence-corrected chi connectivity index (χ4v) is 24.5. The van der Waals surface area contributed by atoms with Crippen molar-refractivity contribution < 1.29 is 20.1 Å². The number of rotatable bonds is 2. The molecule has 81 heavy (non-hydrogen) atoms. The first-order valence-corrected chi connectivity index (χ1v) is 34.4. The third-order valence-corrected chi connectivity index (χ3v) is 27.5. The van der Waals surface area contributed by atoms with Gasteiger partial charge in [0, 0.05) is 64.0 Å². The molecule has 15 atom stereocenters. The molecule has 9 aliphatic carbocycles. The summed E-state index contributed by atoms with van der Waals surface area (Å²) in [6.45, 7) is 11.6. The largest absolute Gasteiger partial charge is 0.481 e. The van der Waals surface area contributed by atoms with Crippen molar-refractivity contribution in [3.8, 4) is 0 Å². The van der Waals surface area contributed by atoms with Gasteiger partial charge in [-0.1, -0.05) is 181 Å². The number of aliphatic hydroxyl groups is 2. The molecule has 3 spiro atoms. The average molecular weight is 1120 g/mol. The number of benzene rings is 3. The van der Waals surface area contributed by atoms with E-state index in [1.807, 2.05) is 10.8 Å². The van der Waals surface area contributed by atoms with Crippen molar-refractivity contribution in [3.05, 3.63) is 171 Å². The Kier molecular flexibility index (Phi) is 13.2. The lowest BCUT2D eigenvalue weighted by molar-refractivity contribution is -0.182. The number of aliphatic hydroxyl groups excluding tert-OH is 2. The Morgan fingerprint density at radius 2 is 1.69 bits per heavy atom. The van der Waals surface area contributed by atoms with Gasteiger partial charge in [-0.2, -0.15) is 0 Å². The van der Waals surface area contributed by atoms with E-state index in [1.54, 1.807) is 11.1 Å². The average Bonchev–Trinajstić information content (AvgIpc) is 1.78. The van der Waals surface area contributed by atoms with Crippen LogP contribution in [-0.4, -0.2) is 52.3 Å². The molecule has 7 heterocycles. The van der Waals surface area contributed by atoms with Crippen LogP contribution in [0, 0.1) is 80.3 Å². The van der Waals surface area contributed by atoms with Gasteiger partial charge >= 0.3 is 5.97 Å². The van der Waals surface area contributed by atoms with E-state index >= 15 is 0 Å². The molecule has 8 heteroatoms. The number of dihydropyridines is 1. The van der Waals surface area contributed by atoms with E-state index in [4.69, 9.17) is 6.58 Å². The minimum absolute atomic E-state index is 0.106. The summed E-state index contributed by atoms with van der Waals surface area (Å²) in [5, 5.41) is 48.5. The molecule has 7 aliphatic heterocycles. The number of fused-ring (bicyclic) bond motifs is 3. The molecule has 0 saturated heterocycles.